The second kappa shape index (κ2) is 7.78. The van der Waals surface area contributed by atoms with Gasteiger partial charge in [-0.15, -0.1) is 0 Å². The fourth-order valence-electron chi connectivity index (χ4n) is 2.07. The third-order valence-corrected chi connectivity index (χ3v) is 3.38. The van der Waals surface area contributed by atoms with Gasteiger partial charge in [-0.05, 0) is 37.3 Å². The molecule has 0 bridgehead atoms. The molecule has 2 amide bonds. The molecule has 0 spiro atoms. The number of rotatable bonds is 6. The molecule has 0 fully saturated rings. The fourth-order valence-corrected chi connectivity index (χ4v) is 2.07. The first kappa shape index (κ1) is 17.2. The van der Waals surface area contributed by atoms with Gasteiger partial charge in [-0.25, -0.2) is 5.48 Å². The first-order chi connectivity index (χ1) is 9.85. The Balaban J connectivity index is 2.67. The van der Waals surface area contributed by atoms with E-state index in [2.05, 4.69) is 19.2 Å². The Hall–Kier alpha value is -1.88. The van der Waals surface area contributed by atoms with Crippen molar-refractivity contribution in [3.8, 4) is 0 Å². The molecule has 116 valence electrons. The summed E-state index contributed by atoms with van der Waals surface area (Å²) in [6, 6.07) is 7.17. The van der Waals surface area contributed by atoms with Gasteiger partial charge in [-0.1, -0.05) is 38.1 Å². The van der Waals surface area contributed by atoms with E-state index in [1.807, 2.05) is 24.3 Å². The lowest BCUT2D eigenvalue weighted by molar-refractivity contribution is -0.134. The topological polar surface area (TPSA) is 78.4 Å². The SMILES string of the molecule is CC(C)Cc1ccc([C@H](C)C(=O)N[C@H](C)C(=O)NO)cc1. The Morgan fingerprint density at radius 2 is 1.62 bits per heavy atom. The van der Waals surface area contributed by atoms with Crippen molar-refractivity contribution in [2.45, 2.75) is 46.1 Å². The number of amides is 2. The molecule has 0 unspecified atom stereocenters. The van der Waals surface area contributed by atoms with E-state index < -0.39 is 11.9 Å². The molecule has 5 heteroatoms. The van der Waals surface area contributed by atoms with Crippen LogP contribution < -0.4 is 10.8 Å². The summed E-state index contributed by atoms with van der Waals surface area (Å²) in [5.41, 5.74) is 3.67. The van der Waals surface area contributed by atoms with Gasteiger partial charge >= 0.3 is 0 Å². The second-order valence-corrected chi connectivity index (χ2v) is 5.77. The van der Waals surface area contributed by atoms with E-state index in [-0.39, 0.29) is 11.8 Å². The Morgan fingerprint density at radius 3 is 2.10 bits per heavy atom. The number of carbonyl (C=O) groups is 2. The molecule has 0 aromatic heterocycles. The van der Waals surface area contributed by atoms with Gasteiger partial charge in [0.2, 0.25) is 5.91 Å². The fraction of sp³-hybridized carbons (Fsp3) is 0.500. The van der Waals surface area contributed by atoms with E-state index in [1.165, 1.54) is 18.0 Å². The van der Waals surface area contributed by atoms with Gasteiger partial charge in [0.1, 0.15) is 6.04 Å². The maximum atomic E-state index is 12.1. The van der Waals surface area contributed by atoms with Crippen LogP contribution in [-0.4, -0.2) is 23.1 Å². The lowest BCUT2D eigenvalue weighted by Crippen LogP contribution is -2.45. The van der Waals surface area contributed by atoms with Crippen molar-refractivity contribution >= 4 is 11.8 Å². The Bertz CT molecular complexity index is 483. The molecule has 1 rings (SSSR count). The molecule has 3 N–H and O–H groups in total. The molecule has 0 saturated carbocycles. The van der Waals surface area contributed by atoms with E-state index >= 15 is 0 Å². The van der Waals surface area contributed by atoms with Crippen LogP contribution in [0.3, 0.4) is 0 Å². The highest BCUT2D eigenvalue weighted by Crippen LogP contribution is 2.17. The third kappa shape index (κ3) is 5.19. The summed E-state index contributed by atoms with van der Waals surface area (Å²) in [5.74, 6) is -0.646. The number of benzene rings is 1. The molecular formula is C16H24N2O3. The lowest BCUT2D eigenvalue weighted by Gasteiger charge is -2.17. The van der Waals surface area contributed by atoms with Gasteiger partial charge in [-0.2, -0.15) is 0 Å². The summed E-state index contributed by atoms with van der Waals surface area (Å²) < 4.78 is 0. The molecule has 0 radical (unpaired) electrons. The number of hydroxylamine groups is 1. The molecular weight excluding hydrogens is 268 g/mol. The van der Waals surface area contributed by atoms with Crippen molar-refractivity contribution in [1.29, 1.82) is 0 Å². The van der Waals surface area contributed by atoms with Gasteiger partial charge in [0.15, 0.2) is 0 Å². The van der Waals surface area contributed by atoms with Crippen LogP contribution in [0.1, 0.15) is 44.7 Å². The van der Waals surface area contributed by atoms with Crippen molar-refractivity contribution in [1.82, 2.24) is 10.8 Å². The molecule has 0 aliphatic carbocycles. The van der Waals surface area contributed by atoms with E-state index in [0.717, 1.165) is 12.0 Å². The summed E-state index contributed by atoms with van der Waals surface area (Å²) in [4.78, 5) is 23.2. The van der Waals surface area contributed by atoms with Crippen molar-refractivity contribution in [3.63, 3.8) is 0 Å². The highest BCUT2D eigenvalue weighted by atomic mass is 16.5. The standard InChI is InChI=1S/C16H24N2O3/c1-10(2)9-13-5-7-14(8-6-13)11(3)15(19)17-12(4)16(20)18-21/h5-8,10-12,21H,9H2,1-4H3,(H,17,19)(H,18,20)/t11-,12+/m0/s1. The summed E-state index contributed by atoms with van der Waals surface area (Å²) in [6.45, 7) is 7.63. The predicted octanol–water partition coefficient (Wildman–Crippen LogP) is 2.00. The van der Waals surface area contributed by atoms with E-state index in [0.29, 0.717) is 5.92 Å². The first-order valence-corrected chi connectivity index (χ1v) is 7.18. The smallest absolute Gasteiger partial charge is 0.265 e. The van der Waals surface area contributed by atoms with Crippen LogP contribution >= 0.6 is 0 Å². The maximum Gasteiger partial charge on any atom is 0.265 e. The quantitative estimate of drug-likeness (QED) is 0.554. The number of hydrogen-bond acceptors (Lipinski definition) is 3. The molecule has 21 heavy (non-hydrogen) atoms. The lowest BCUT2D eigenvalue weighted by atomic mass is 9.96. The van der Waals surface area contributed by atoms with Gasteiger partial charge in [-0.3, -0.25) is 14.8 Å². The predicted molar refractivity (Wildman–Crippen MR) is 80.9 cm³/mol. The van der Waals surface area contributed by atoms with Gasteiger partial charge < -0.3 is 5.32 Å². The number of hydrogen-bond donors (Lipinski definition) is 3. The Kier molecular flexibility index (Phi) is 6.37. The zero-order valence-corrected chi connectivity index (χ0v) is 13.0. The van der Waals surface area contributed by atoms with Crippen LogP contribution in [0.2, 0.25) is 0 Å². The Labute approximate surface area is 125 Å². The molecule has 1 aromatic rings. The molecule has 0 saturated heterocycles. The molecule has 0 aliphatic rings. The van der Waals surface area contributed by atoms with Crippen LogP contribution in [0.5, 0.6) is 0 Å². The van der Waals surface area contributed by atoms with Gasteiger partial charge in [0, 0.05) is 0 Å². The summed E-state index contributed by atoms with van der Waals surface area (Å²) in [7, 11) is 0. The van der Waals surface area contributed by atoms with E-state index in [4.69, 9.17) is 5.21 Å². The second-order valence-electron chi connectivity index (χ2n) is 5.77. The third-order valence-electron chi connectivity index (χ3n) is 3.38. The van der Waals surface area contributed by atoms with Gasteiger partial charge in [0.05, 0.1) is 5.92 Å². The highest BCUT2D eigenvalue weighted by Gasteiger charge is 2.20. The minimum absolute atomic E-state index is 0.247. The van der Waals surface area contributed by atoms with Crippen LogP contribution in [0.25, 0.3) is 0 Å². The average molecular weight is 292 g/mol. The molecule has 5 nitrogen and oxygen atoms in total. The molecule has 0 aliphatic heterocycles. The van der Waals surface area contributed by atoms with E-state index in [9.17, 15) is 9.59 Å². The summed E-state index contributed by atoms with van der Waals surface area (Å²) >= 11 is 0. The summed E-state index contributed by atoms with van der Waals surface area (Å²) in [6.07, 6.45) is 1.01. The largest absolute Gasteiger partial charge is 0.344 e. The number of nitrogens with one attached hydrogen (secondary N) is 2. The van der Waals surface area contributed by atoms with Crippen molar-refractivity contribution < 1.29 is 14.8 Å². The van der Waals surface area contributed by atoms with E-state index in [1.54, 1.807) is 6.92 Å². The zero-order valence-electron chi connectivity index (χ0n) is 13.0. The monoisotopic (exact) mass is 292 g/mol. The maximum absolute atomic E-state index is 12.1. The normalized spacial score (nSPS) is 13.6. The minimum Gasteiger partial charge on any atom is -0.344 e. The van der Waals surface area contributed by atoms with Crippen molar-refractivity contribution in [3.05, 3.63) is 35.4 Å². The zero-order chi connectivity index (χ0) is 16.0. The van der Waals surface area contributed by atoms with Crippen molar-refractivity contribution in [2.75, 3.05) is 0 Å². The Morgan fingerprint density at radius 1 is 1.05 bits per heavy atom. The summed E-state index contributed by atoms with van der Waals surface area (Å²) in [5, 5.41) is 11.1. The average Bonchev–Trinajstić information content (AvgIpc) is 2.45. The van der Waals surface area contributed by atoms with Crippen LogP contribution in [0.15, 0.2) is 24.3 Å². The highest BCUT2D eigenvalue weighted by molar-refractivity contribution is 5.89. The van der Waals surface area contributed by atoms with Crippen LogP contribution in [0, 0.1) is 5.92 Å². The van der Waals surface area contributed by atoms with Crippen molar-refractivity contribution in [2.24, 2.45) is 5.92 Å². The molecule has 2 atom stereocenters. The van der Waals surface area contributed by atoms with Crippen LogP contribution in [0.4, 0.5) is 0 Å². The first-order valence-electron chi connectivity index (χ1n) is 7.18. The van der Waals surface area contributed by atoms with Gasteiger partial charge in [0.25, 0.3) is 5.91 Å². The van der Waals surface area contributed by atoms with Crippen LogP contribution in [-0.2, 0) is 16.0 Å². The molecule has 1 aromatic carbocycles. The number of carbonyl (C=O) groups excluding carboxylic acids is 2. The minimum atomic E-state index is -0.773. The molecule has 0 heterocycles.